The maximum absolute atomic E-state index is 6.16. The average molecular weight is 269 g/mol. The van der Waals surface area contributed by atoms with E-state index >= 15 is 0 Å². The smallest absolute Gasteiger partial charge is 0.0822 e. The first-order valence-electron chi connectivity index (χ1n) is 6.58. The SMILES string of the molecule is NCCCCN1CCN(c2ccncc2Cl)CC1. The van der Waals surface area contributed by atoms with Gasteiger partial charge in [0.05, 0.1) is 10.7 Å². The van der Waals surface area contributed by atoms with E-state index in [1.807, 2.05) is 6.07 Å². The average Bonchev–Trinajstić information content (AvgIpc) is 2.41. The van der Waals surface area contributed by atoms with Gasteiger partial charge >= 0.3 is 0 Å². The first-order valence-corrected chi connectivity index (χ1v) is 6.96. The first kappa shape index (κ1) is 13.6. The number of nitrogens with zero attached hydrogens (tertiary/aromatic N) is 3. The fraction of sp³-hybridized carbons (Fsp3) is 0.615. The molecule has 0 radical (unpaired) electrons. The molecule has 4 nitrogen and oxygen atoms in total. The lowest BCUT2D eigenvalue weighted by Crippen LogP contribution is -2.46. The number of pyridine rings is 1. The number of piperazine rings is 1. The molecule has 0 unspecified atom stereocenters. The number of nitrogens with two attached hydrogens (primary N) is 1. The molecule has 0 aliphatic carbocycles. The Morgan fingerprint density at radius 3 is 2.67 bits per heavy atom. The zero-order valence-electron chi connectivity index (χ0n) is 10.7. The van der Waals surface area contributed by atoms with Crippen LogP contribution in [0.15, 0.2) is 18.5 Å². The quantitative estimate of drug-likeness (QED) is 0.824. The number of rotatable bonds is 5. The maximum Gasteiger partial charge on any atom is 0.0822 e. The predicted molar refractivity (Wildman–Crippen MR) is 76.2 cm³/mol. The Morgan fingerprint density at radius 2 is 2.00 bits per heavy atom. The molecule has 1 aromatic rings. The van der Waals surface area contributed by atoms with Gasteiger partial charge in [-0.1, -0.05) is 11.6 Å². The molecular formula is C13H21ClN4. The van der Waals surface area contributed by atoms with Crippen molar-refractivity contribution in [1.82, 2.24) is 9.88 Å². The fourth-order valence-corrected chi connectivity index (χ4v) is 2.56. The van der Waals surface area contributed by atoms with E-state index < -0.39 is 0 Å². The van der Waals surface area contributed by atoms with Crippen LogP contribution < -0.4 is 10.6 Å². The van der Waals surface area contributed by atoms with Crippen LogP contribution in [0, 0.1) is 0 Å². The zero-order valence-corrected chi connectivity index (χ0v) is 11.4. The number of halogens is 1. The van der Waals surface area contributed by atoms with Gasteiger partial charge in [-0.05, 0) is 32.0 Å². The summed E-state index contributed by atoms with van der Waals surface area (Å²) in [6.07, 6.45) is 5.84. The van der Waals surface area contributed by atoms with Crippen molar-refractivity contribution in [2.45, 2.75) is 12.8 Å². The molecule has 1 fully saturated rings. The molecule has 5 heteroatoms. The summed E-state index contributed by atoms with van der Waals surface area (Å²) in [4.78, 5) is 8.86. The molecule has 1 aliphatic heterocycles. The summed E-state index contributed by atoms with van der Waals surface area (Å²) in [5.74, 6) is 0. The molecule has 2 N–H and O–H groups in total. The Hall–Kier alpha value is -0.840. The van der Waals surface area contributed by atoms with E-state index in [0.29, 0.717) is 0 Å². The highest BCUT2D eigenvalue weighted by atomic mass is 35.5. The first-order chi connectivity index (χ1) is 8.81. The molecule has 100 valence electrons. The molecular weight excluding hydrogens is 248 g/mol. The minimum Gasteiger partial charge on any atom is -0.368 e. The highest BCUT2D eigenvalue weighted by Crippen LogP contribution is 2.24. The van der Waals surface area contributed by atoms with Crippen molar-refractivity contribution in [3.8, 4) is 0 Å². The van der Waals surface area contributed by atoms with Gasteiger partial charge in [-0.25, -0.2) is 0 Å². The summed E-state index contributed by atoms with van der Waals surface area (Å²) in [6.45, 7) is 6.23. The third-order valence-corrected chi connectivity index (χ3v) is 3.68. The Bertz CT molecular complexity index is 364. The number of anilines is 1. The van der Waals surface area contributed by atoms with Crippen molar-refractivity contribution >= 4 is 17.3 Å². The van der Waals surface area contributed by atoms with Gasteiger partial charge in [-0.15, -0.1) is 0 Å². The van der Waals surface area contributed by atoms with Gasteiger partial charge in [0.1, 0.15) is 0 Å². The minimum atomic E-state index is 0.745. The standard InChI is InChI=1S/C13H21ClN4/c14-12-11-16-5-3-13(12)18-9-7-17(8-10-18)6-2-1-4-15/h3,5,11H,1-2,4,6-10,15H2. The summed E-state index contributed by atoms with van der Waals surface area (Å²) in [7, 11) is 0. The van der Waals surface area contributed by atoms with Crippen LogP contribution in [0.3, 0.4) is 0 Å². The Labute approximate surface area is 114 Å². The van der Waals surface area contributed by atoms with Crippen molar-refractivity contribution in [3.05, 3.63) is 23.5 Å². The molecule has 0 saturated carbocycles. The summed E-state index contributed by atoms with van der Waals surface area (Å²) in [5.41, 5.74) is 6.62. The van der Waals surface area contributed by atoms with E-state index in [-0.39, 0.29) is 0 Å². The fourth-order valence-electron chi connectivity index (χ4n) is 2.32. The van der Waals surface area contributed by atoms with Crippen molar-refractivity contribution in [2.24, 2.45) is 5.73 Å². The summed E-state index contributed by atoms with van der Waals surface area (Å²) in [5, 5.41) is 0.745. The second kappa shape index (κ2) is 6.92. The third-order valence-electron chi connectivity index (χ3n) is 3.39. The van der Waals surface area contributed by atoms with Gasteiger partial charge in [0, 0.05) is 38.6 Å². The molecule has 0 bridgehead atoms. The molecule has 0 atom stereocenters. The van der Waals surface area contributed by atoms with E-state index in [0.717, 1.165) is 56.4 Å². The number of unbranched alkanes of at least 4 members (excludes halogenated alkanes) is 1. The van der Waals surface area contributed by atoms with Crippen LogP contribution in [0.2, 0.25) is 5.02 Å². The lowest BCUT2D eigenvalue weighted by atomic mass is 10.2. The topological polar surface area (TPSA) is 45.4 Å². The van der Waals surface area contributed by atoms with Crippen molar-refractivity contribution in [3.63, 3.8) is 0 Å². The second-order valence-corrected chi connectivity index (χ2v) is 5.06. The molecule has 0 amide bonds. The van der Waals surface area contributed by atoms with E-state index in [1.54, 1.807) is 12.4 Å². The van der Waals surface area contributed by atoms with Crippen molar-refractivity contribution < 1.29 is 0 Å². The third kappa shape index (κ3) is 3.57. The predicted octanol–water partition coefficient (Wildman–Crippen LogP) is 1.60. The van der Waals surface area contributed by atoms with E-state index in [1.165, 1.54) is 6.42 Å². The van der Waals surface area contributed by atoms with Crippen LogP contribution >= 0.6 is 11.6 Å². The van der Waals surface area contributed by atoms with Crippen LogP contribution in [-0.2, 0) is 0 Å². The molecule has 1 aromatic heterocycles. The lowest BCUT2D eigenvalue weighted by Gasteiger charge is -2.36. The van der Waals surface area contributed by atoms with Crippen LogP contribution in [0.25, 0.3) is 0 Å². The zero-order chi connectivity index (χ0) is 12.8. The molecule has 2 heterocycles. The molecule has 0 aromatic carbocycles. The molecule has 0 spiro atoms. The Balaban J connectivity index is 1.81. The normalized spacial score (nSPS) is 17.1. The van der Waals surface area contributed by atoms with E-state index in [9.17, 15) is 0 Å². The summed E-state index contributed by atoms with van der Waals surface area (Å²) in [6, 6.07) is 1.99. The van der Waals surface area contributed by atoms with Gasteiger partial charge in [0.2, 0.25) is 0 Å². The maximum atomic E-state index is 6.16. The van der Waals surface area contributed by atoms with Crippen molar-refractivity contribution in [1.29, 1.82) is 0 Å². The Morgan fingerprint density at radius 1 is 1.22 bits per heavy atom. The highest BCUT2D eigenvalue weighted by Gasteiger charge is 2.18. The Kier molecular flexibility index (Phi) is 5.23. The summed E-state index contributed by atoms with van der Waals surface area (Å²) >= 11 is 6.16. The molecule has 1 saturated heterocycles. The monoisotopic (exact) mass is 268 g/mol. The van der Waals surface area contributed by atoms with E-state index in [4.69, 9.17) is 17.3 Å². The highest BCUT2D eigenvalue weighted by molar-refractivity contribution is 6.33. The van der Waals surface area contributed by atoms with Gasteiger partial charge in [0.25, 0.3) is 0 Å². The molecule has 18 heavy (non-hydrogen) atoms. The largest absolute Gasteiger partial charge is 0.368 e. The van der Waals surface area contributed by atoms with Gasteiger partial charge < -0.3 is 10.6 Å². The molecule has 2 rings (SSSR count). The van der Waals surface area contributed by atoms with Gasteiger partial charge in [0.15, 0.2) is 0 Å². The molecule has 1 aliphatic rings. The summed E-state index contributed by atoms with van der Waals surface area (Å²) < 4.78 is 0. The van der Waals surface area contributed by atoms with E-state index in [2.05, 4.69) is 14.8 Å². The number of aromatic nitrogens is 1. The van der Waals surface area contributed by atoms with Gasteiger partial charge in [-0.2, -0.15) is 0 Å². The second-order valence-electron chi connectivity index (χ2n) is 4.65. The van der Waals surface area contributed by atoms with Crippen LogP contribution in [0.1, 0.15) is 12.8 Å². The number of hydrogen-bond donors (Lipinski definition) is 1. The van der Waals surface area contributed by atoms with Gasteiger partial charge in [-0.3, -0.25) is 9.88 Å². The minimum absolute atomic E-state index is 0.745. The van der Waals surface area contributed by atoms with Crippen LogP contribution in [-0.4, -0.2) is 49.2 Å². The van der Waals surface area contributed by atoms with Crippen LogP contribution in [0.4, 0.5) is 5.69 Å². The van der Waals surface area contributed by atoms with Crippen LogP contribution in [0.5, 0.6) is 0 Å². The lowest BCUT2D eigenvalue weighted by molar-refractivity contribution is 0.253. The number of hydrogen-bond acceptors (Lipinski definition) is 4. The van der Waals surface area contributed by atoms with Crippen molar-refractivity contribution in [2.75, 3.05) is 44.2 Å².